The topological polar surface area (TPSA) is 110 Å². The third kappa shape index (κ3) is 6.86. The molecule has 2 heterocycles. The van der Waals surface area contributed by atoms with Crippen molar-refractivity contribution in [2.24, 2.45) is 0 Å². The van der Waals surface area contributed by atoms with Gasteiger partial charge in [-0.2, -0.15) is 4.98 Å². The molecule has 0 bridgehead atoms. The van der Waals surface area contributed by atoms with Gasteiger partial charge in [0.15, 0.2) is 5.82 Å². The Morgan fingerprint density at radius 3 is 2.40 bits per heavy atom. The third-order valence-electron chi connectivity index (χ3n) is 5.24. The predicted molar refractivity (Wildman–Crippen MR) is 143 cm³/mol. The number of aryl methyl sites for hydroxylation is 2. The van der Waals surface area contributed by atoms with Crippen molar-refractivity contribution in [3.05, 3.63) is 50.9 Å². The van der Waals surface area contributed by atoms with E-state index in [0.29, 0.717) is 12.1 Å². The molecule has 1 amide bonds. The number of imidazole rings is 1. The molecule has 2 aliphatic heterocycles. The first-order chi connectivity index (χ1) is 16.3. The number of anilines is 1. The Hall–Kier alpha value is -2.37. The Morgan fingerprint density at radius 1 is 1.11 bits per heavy atom. The van der Waals surface area contributed by atoms with Crippen molar-refractivity contribution in [3.8, 4) is 5.69 Å². The lowest BCUT2D eigenvalue weighted by atomic mass is 10.1. The van der Waals surface area contributed by atoms with E-state index in [0.717, 1.165) is 38.9 Å². The van der Waals surface area contributed by atoms with Gasteiger partial charge in [0.25, 0.3) is 10.0 Å². The summed E-state index contributed by atoms with van der Waals surface area (Å²) in [5, 5.41) is 2.96. The van der Waals surface area contributed by atoms with Crippen LogP contribution in [0.1, 0.15) is 56.2 Å². The second kappa shape index (κ2) is 10.7. The van der Waals surface area contributed by atoms with E-state index in [9.17, 15) is 18.0 Å². The normalized spacial score (nSPS) is 12.2. The maximum absolute atomic E-state index is 13.0. The van der Waals surface area contributed by atoms with E-state index >= 15 is 0 Å². The van der Waals surface area contributed by atoms with Crippen molar-refractivity contribution >= 4 is 44.8 Å². The highest BCUT2D eigenvalue weighted by molar-refractivity contribution is 8.01. The summed E-state index contributed by atoms with van der Waals surface area (Å²) in [5.41, 5.74) is 1.37. The van der Waals surface area contributed by atoms with E-state index < -0.39 is 15.7 Å². The fraction of sp³-hybridized carbons (Fsp3) is 0.458. The third-order valence-corrected chi connectivity index (χ3v) is 9.13. The van der Waals surface area contributed by atoms with Crippen molar-refractivity contribution in [1.29, 1.82) is 0 Å². The first kappa shape index (κ1) is 27.2. The van der Waals surface area contributed by atoms with Crippen molar-refractivity contribution < 1.29 is 13.2 Å². The maximum Gasteiger partial charge on any atom is 0.354 e. The van der Waals surface area contributed by atoms with Crippen molar-refractivity contribution in [3.63, 3.8) is 0 Å². The molecule has 11 heteroatoms. The number of fused-ring (bicyclic) bond motifs is 1. The van der Waals surface area contributed by atoms with Crippen LogP contribution in [0.15, 0.2) is 38.2 Å². The molecule has 0 saturated heterocycles. The molecule has 35 heavy (non-hydrogen) atoms. The second-order valence-electron chi connectivity index (χ2n) is 9.48. The van der Waals surface area contributed by atoms with Crippen LogP contribution in [0.4, 0.5) is 5.82 Å². The second-order valence-corrected chi connectivity index (χ2v) is 13.8. The van der Waals surface area contributed by atoms with Gasteiger partial charge in [-0.05, 0) is 72.3 Å². The van der Waals surface area contributed by atoms with Gasteiger partial charge in [-0.15, -0.1) is 23.1 Å². The number of carbonyl (C=O) groups is 1. The summed E-state index contributed by atoms with van der Waals surface area (Å²) in [6.07, 6.45) is 1.99. The number of unbranched alkanes of at least 4 members (excludes halogenated alkanes) is 1. The van der Waals surface area contributed by atoms with E-state index in [2.05, 4.69) is 15.0 Å². The summed E-state index contributed by atoms with van der Waals surface area (Å²) in [5.74, 6) is 0.779. The lowest BCUT2D eigenvalue weighted by Crippen LogP contribution is -2.40. The lowest BCUT2D eigenvalue weighted by molar-refractivity contribution is -0.122. The monoisotopic (exact) mass is 536 g/mol. The van der Waals surface area contributed by atoms with Gasteiger partial charge in [0.2, 0.25) is 5.91 Å². The predicted octanol–water partition coefficient (Wildman–Crippen LogP) is 4.63. The average Bonchev–Trinajstić information content (AvgIpc) is 3.05. The van der Waals surface area contributed by atoms with Crippen LogP contribution >= 0.6 is 23.1 Å². The van der Waals surface area contributed by atoms with Crippen molar-refractivity contribution in [2.45, 2.75) is 75.4 Å². The molecule has 8 nitrogen and oxygen atoms in total. The van der Waals surface area contributed by atoms with E-state index in [4.69, 9.17) is 0 Å². The number of sulfonamides is 1. The number of benzene rings is 1. The van der Waals surface area contributed by atoms with Gasteiger partial charge in [-0.25, -0.2) is 13.2 Å². The zero-order valence-corrected chi connectivity index (χ0v) is 23.3. The highest BCUT2D eigenvalue weighted by Crippen LogP contribution is 2.38. The van der Waals surface area contributed by atoms with E-state index in [1.807, 2.05) is 41.5 Å². The Bertz CT molecular complexity index is 1340. The molecule has 0 aromatic heterocycles. The first-order valence-electron chi connectivity index (χ1n) is 11.3. The summed E-state index contributed by atoms with van der Waals surface area (Å²) in [6.45, 7) is 11.5. The molecular weight excluding hydrogens is 504 g/mol. The molecule has 2 N–H and O–H groups in total. The number of rotatable bonds is 9. The molecular formula is C24H32N4O4S3. The van der Waals surface area contributed by atoms with E-state index in [1.165, 1.54) is 28.0 Å². The van der Waals surface area contributed by atoms with Crippen molar-refractivity contribution in [1.82, 2.24) is 14.9 Å². The molecule has 0 unspecified atom stereocenters. The number of aromatic nitrogens is 2. The van der Waals surface area contributed by atoms with Crippen molar-refractivity contribution in [2.75, 3.05) is 10.5 Å². The fourth-order valence-electron chi connectivity index (χ4n) is 3.42. The minimum atomic E-state index is -3.92. The van der Waals surface area contributed by atoms with Gasteiger partial charge in [0.1, 0.15) is 5.69 Å². The van der Waals surface area contributed by atoms with Crippen LogP contribution in [0, 0.1) is 20.8 Å². The van der Waals surface area contributed by atoms with Crippen LogP contribution in [0.2, 0.25) is 0 Å². The van der Waals surface area contributed by atoms with Crippen LogP contribution in [0.25, 0.3) is 5.69 Å². The molecule has 1 aromatic rings. The smallest absolute Gasteiger partial charge is 0.352 e. The molecule has 0 atom stereocenters. The molecule has 0 fully saturated rings. The highest BCUT2D eigenvalue weighted by Gasteiger charge is 2.26. The minimum absolute atomic E-state index is 0.0264. The number of amides is 1. The summed E-state index contributed by atoms with van der Waals surface area (Å²) < 4.78 is 30.8. The number of hydrogen-bond donors (Lipinski definition) is 2. The van der Waals surface area contributed by atoms with Crippen LogP contribution in [-0.4, -0.2) is 35.2 Å². The average molecular weight is 537 g/mol. The standard InChI is InChI=1S/C24H32N4O4S3/c1-15-10-12-18(13-11-15)35(31,32)27-21-20-22(34-17(3)16(2)28(20)23(30)25-21)33-14-8-7-9-19(29)26-24(4,5)6/h10-13H,7-9,14H2,1-6H3,(H,26,29)(H,25,27,30). The number of nitrogens with one attached hydrogen (secondary N) is 2. The molecule has 1 aromatic carbocycles. The number of nitrogens with zero attached hydrogens (tertiary/aromatic N) is 2. The molecule has 190 valence electrons. The first-order valence-corrected chi connectivity index (χ1v) is 14.6. The summed E-state index contributed by atoms with van der Waals surface area (Å²) >= 11 is 3.05. The van der Waals surface area contributed by atoms with Gasteiger partial charge in [0.05, 0.1) is 9.10 Å². The van der Waals surface area contributed by atoms with E-state index in [1.54, 1.807) is 23.9 Å². The molecule has 0 saturated carbocycles. The molecule has 0 spiro atoms. The molecule has 2 aliphatic rings. The van der Waals surface area contributed by atoms with Crippen LogP contribution in [0.3, 0.4) is 0 Å². The molecule has 3 rings (SSSR count). The SMILES string of the molecule is Cc1ccc(S(=O)(=O)Nc2nc(=O)n3c(C)c(C)sc(SCCCCC(=O)NC(C)(C)C)c2-3)cc1. The summed E-state index contributed by atoms with van der Waals surface area (Å²) in [6, 6.07) is 6.49. The quantitative estimate of drug-likeness (QED) is 0.305. The summed E-state index contributed by atoms with van der Waals surface area (Å²) in [7, 11) is -3.92. The Balaban J connectivity index is 1.81. The number of carbonyl (C=O) groups excluding carboxylic acids is 1. The van der Waals surface area contributed by atoms with Gasteiger partial charge in [-0.3, -0.25) is 14.1 Å². The zero-order valence-electron chi connectivity index (χ0n) is 20.9. The Kier molecular flexibility index (Phi) is 8.33. The van der Waals surface area contributed by atoms with E-state index in [-0.39, 0.29) is 22.2 Å². The lowest BCUT2D eigenvalue weighted by Gasteiger charge is -2.20. The number of hydrogen-bond acceptors (Lipinski definition) is 7. The van der Waals surface area contributed by atoms with Crippen LogP contribution < -0.4 is 15.7 Å². The maximum atomic E-state index is 13.0. The van der Waals surface area contributed by atoms with Gasteiger partial charge >= 0.3 is 5.69 Å². The van der Waals surface area contributed by atoms with Gasteiger partial charge < -0.3 is 5.32 Å². The fourth-order valence-corrected chi connectivity index (χ4v) is 6.95. The van der Waals surface area contributed by atoms with Gasteiger partial charge in [-0.1, -0.05) is 17.7 Å². The summed E-state index contributed by atoms with van der Waals surface area (Å²) in [4.78, 5) is 29.9. The highest BCUT2D eigenvalue weighted by atomic mass is 32.2. The largest absolute Gasteiger partial charge is 0.354 e. The Labute approximate surface area is 215 Å². The molecule has 0 aliphatic carbocycles. The number of thioether (sulfide) groups is 1. The minimum Gasteiger partial charge on any atom is -0.352 e. The van der Waals surface area contributed by atoms with Crippen LogP contribution in [-0.2, 0) is 14.8 Å². The van der Waals surface area contributed by atoms with Gasteiger partial charge in [0, 0.05) is 22.5 Å². The Morgan fingerprint density at radius 2 is 1.77 bits per heavy atom. The van der Waals surface area contributed by atoms with Crippen LogP contribution in [0.5, 0.6) is 0 Å². The zero-order chi connectivity index (χ0) is 26.0. The molecule has 0 radical (unpaired) electrons.